The number of thioether (sulfide) groups is 1. The van der Waals surface area contributed by atoms with Gasteiger partial charge in [0.25, 0.3) is 0 Å². The zero-order chi connectivity index (χ0) is 10.3. The third-order valence-electron chi connectivity index (χ3n) is 3.34. The summed E-state index contributed by atoms with van der Waals surface area (Å²) >= 11 is 1.78. The number of carboxylic acids is 1. The minimum atomic E-state index is -1.14. The molecule has 2 nitrogen and oxygen atoms in total. The lowest BCUT2D eigenvalue weighted by Gasteiger charge is -2.45. The van der Waals surface area contributed by atoms with Crippen molar-refractivity contribution in [3.63, 3.8) is 0 Å². The molecule has 1 heterocycles. The van der Waals surface area contributed by atoms with Crippen molar-refractivity contribution in [2.75, 3.05) is 11.5 Å². The van der Waals surface area contributed by atoms with Crippen molar-refractivity contribution in [3.05, 3.63) is 0 Å². The predicted molar refractivity (Wildman–Crippen MR) is 54.2 cm³/mol. The second-order valence-electron chi connectivity index (χ2n) is 4.74. The summed E-state index contributed by atoms with van der Waals surface area (Å²) in [6.07, 6.45) is 0.848. The molecule has 4 heteroatoms. The Labute approximate surface area is 87.3 Å². The van der Waals surface area contributed by atoms with E-state index in [1.807, 2.05) is 0 Å². The van der Waals surface area contributed by atoms with Crippen molar-refractivity contribution < 1.29 is 14.3 Å². The van der Waals surface area contributed by atoms with Gasteiger partial charge in [-0.15, -0.1) is 0 Å². The fraction of sp³-hybridized carbons (Fsp3) is 0.900. The molecule has 2 bridgehead atoms. The van der Waals surface area contributed by atoms with Gasteiger partial charge in [0.2, 0.25) is 0 Å². The predicted octanol–water partition coefficient (Wildman–Crippen LogP) is 2.19. The van der Waals surface area contributed by atoms with Crippen LogP contribution in [0.2, 0.25) is 0 Å². The molecule has 1 N–H and O–H groups in total. The smallest absolute Gasteiger partial charge is 0.307 e. The van der Waals surface area contributed by atoms with Crippen LogP contribution in [0.25, 0.3) is 0 Å². The molecule has 0 radical (unpaired) electrons. The standard InChI is InChI=1S/C10H15FO2S/c1-10(11)2-6-4-14-5-7(3-10)8(6)9(12)13/h6-8H,2-5H2,1H3,(H,12,13). The number of hydrogen-bond donors (Lipinski definition) is 1. The first-order chi connectivity index (χ1) is 6.49. The highest BCUT2D eigenvalue weighted by Gasteiger charge is 2.49. The summed E-state index contributed by atoms with van der Waals surface area (Å²) in [5.74, 6) is 0.691. The first-order valence-electron chi connectivity index (χ1n) is 4.99. The molecular formula is C10H15FO2S. The average Bonchev–Trinajstić information content (AvgIpc) is 1.99. The lowest BCUT2D eigenvalue weighted by Crippen LogP contribution is -2.47. The first kappa shape index (κ1) is 10.3. The van der Waals surface area contributed by atoms with Crippen LogP contribution in [0.4, 0.5) is 4.39 Å². The molecule has 2 aliphatic rings. The lowest BCUT2D eigenvalue weighted by molar-refractivity contribution is -0.149. The van der Waals surface area contributed by atoms with Crippen LogP contribution in [0.5, 0.6) is 0 Å². The number of carboxylic acid groups (broad SMARTS) is 1. The van der Waals surface area contributed by atoms with Gasteiger partial charge >= 0.3 is 5.97 Å². The van der Waals surface area contributed by atoms with Crippen LogP contribution < -0.4 is 0 Å². The number of rotatable bonds is 1. The molecule has 1 saturated carbocycles. The van der Waals surface area contributed by atoms with E-state index in [-0.39, 0.29) is 17.8 Å². The van der Waals surface area contributed by atoms with Crippen molar-refractivity contribution in [1.29, 1.82) is 0 Å². The van der Waals surface area contributed by atoms with Crippen LogP contribution in [0.1, 0.15) is 19.8 Å². The van der Waals surface area contributed by atoms with E-state index in [2.05, 4.69) is 0 Å². The largest absolute Gasteiger partial charge is 0.481 e. The monoisotopic (exact) mass is 218 g/mol. The Morgan fingerprint density at radius 2 is 1.93 bits per heavy atom. The van der Waals surface area contributed by atoms with Crippen molar-refractivity contribution in [2.24, 2.45) is 17.8 Å². The summed E-state index contributed by atoms with van der Waals surface area (Å²) in [4.78, 5) is 11.0. The fourth-order valence-corrected chi connectivity index (χ4v) is 4.31. The summed E-state index contributed by atoms with van der Waals surface area (Å²) in [6.45, 7) is 1.61. The van der Waals surface area contributed by atoms with E-state index in [1.54, 1.807) is 18.7 Å². The van der Waals surface area contributed by atoms with Gasteiger partial charge in [-0.1, -0.05) is 0 Å². The summed E-state index contributed by atoms with van der Waals surface area (Å²) in [7, 11) is 0. The Bertz CT molecular complexity index is 239. The zero-order valence-corrected chi connectivity index (χ0v) is 9.02. The maximum atomic E-state index is 13.8. The van der Waals surface area contributed by atoms with Gasteiger partial charge < -0.3 is 5.11 Å². The maximum Gasteiger partial charge on any atom is 0.307 e. The van der Waals surface area contributed by atoms with Crippen LogP contribution in [-0.4, -0.2) is 28.3 Å². The molecule has 2 fully saturated rings. The summed E-state index contributed by atoms with van der Waals surface area (Å²) < 4.78 is 13.8. The molecule has 0 aromatic heterocycles. The number of hydrogen-bond acceptors (Lipinski definition) is 2. The third-order valence-corrected chi connectivity index (χ3v) is 4.67. The molecule has 14 heavy (non-hydrogen) atoms. The van der Waals surface area contributed by atoms with Gasteiger partial charge in [-0.2, -0.15) is 11.8 Å². The van der Waals surface area contributed by atoms with Crippen molar-refractivity contribution >= 4 is 17.7 Å². The molecule has 0 amide bonds. The highest BCUT2D eigenvalue weighted by atomic mass is 32.2. The van der Waals surface area contributed by atoms with E-state index in [0.717, 1.165) is 11.5 Å². The highest BCUT2D eigenvalue weighted by molar-refractivity contribution is 7.99. The van der Waals surface area contributed by atoms with Crippen LogP contribution in [0, 0.1) is 17.8 Å². The minimum Gasteiger partial charge on any atom is -0.481 e. The Hall–Kier alpha value is -0.250. The van der Waals surface area contributed by atoms with Gasteiger partial charge in [0.05, 0.1) is 5.92 Å². The van der Waals surface area contributed by atoms with E-state index in [4.69, 9.17) is 5.11 Å². The van der Waals surface area contributed by atoms with E-state index < -0.39 is 11.6 Å². The van der Waals surface area contributed by atoms with Crippen LogP contribution >= 0.6 is 11.8 Å². The van der Waals surface area contributed by atoms with E-state index in [1.165, 1.54) is 0 Å². The Balaban J connectivity index is 2.19. The normalized spacial score (nSPS) is 47.4. The van der Waals surface area contributed by atoms with Gasteiger partial charge in [-0.05, 0) is 43.1 Å². The number of aliphatic carboxylic acids is 1. The maximum absolute atomic E-state index is 13.8. The van der Waals surface area contributed by atoms with Crippen molar-refractivity contribution in [2.45, 2.75) is 25.4 Å². The Morgan fingerprint density at radius 3 is 2.36 bits per heavy atom. The molecule has 2 rings (SSSR count). The van der Waals surface area contributed by atoms with Crippen molar-refractivity contribution in [3.8, 4) is 0 Å². The molecule has 1 aliphatic heterocycles. The average molecular weight is 218 g/mol. The first-order valence-corrected chi connectivity index (χ1v) is 6.14. The van der Waals surface area contributed by atoms with E-state index >= 15 is 0 Å². The Morgan fingerprint density at radius 1 is 1.43 bits per heavy atom. The number of carbonyl (C=O) groups is 1. The fourth-order valence-electron chi connectivity index (χ4n) is 2.91. The molecule has 1 aliphatic carbocycles. The lowest BCUT2D eigenvalue weighted by atomic mass is 9.68. The second kappa shape index (κ2) is 3.40. The molecule has 0 aromatic rings. The van der Waals surface area contributed by atoms with Crippen LogP contribution in [0.3, 0.4) is 0 Å². The van der Waals surface area contributed by atoms with Crippen LogP contribution in [-0.2, 0) is 4.79 Å². The molecule has 1 saturated heterocycles. The van der Waals surface area contributed by atoms with E-state index in [0.29, 0.717) is 12.8 Å². The van der Waals surface area contributed by atoms with Gasteiger partial charge in [-0.3, -0.25) is 4.79 Å². The molecule has 80 valence electrons. The second-order valence-corrected chi connectivity index (χ2v) is 5.82. The molecule has 2 atom stereocenters. The summed E-state index contributed by atoms with van der Waals surface area (Å²) in [5.41, 5.74) is -1.14. The quantitative estimate of drug-likeness (QED) is 0.733. The van der Waals surface area contributed by atoms with Gasteiger partial charge in [-0.25, -0.2) is 4.39 Å². The number of fused-ring (bicyclic) bond motifs is 2. The summed E-state index contributed by atoms with van der Waals surface area (Å²) in [5, 5.41) is 9.08. The van der Waals surface area contributed by atoms with Gasteiger partial charge in [0, 0.05) is 0 Å². The van der Waals surface area contributed by atoms with Crippen LogP contribution in [0.15, 0.2) is 0 Å². The Kier molecular flexibility index (Phi) is 2.50. The summed E-state index contributed by atoms with van der Waals surface area (Å²) in [6, 6.07) is 0. The minimum absolute atomic E-state index is 0.0417. The SMILES string of the molecule is CC1(F)CC2CSCC(C1)C2C(=O)O. The number of halogens is 1. The van der Waals surface area contributed by atoms with Crippen molar-refractivity contribution in [1.82, 2.24) is 0 Å². The highest BCUT2D eigenvalue weighted by Crippen LogP contribution is 2.48. The van der Waals surface area contributed by atoms with Gasteiger partial charge in [0.1, 0.15) is 5.67 Å². The molecule has 2 unspecified atom stereocenters. The topological polar surface area (TPSA) is 37.3 Å². The molecule has 0 spiro atoms. The molecular weight excluding hydrogens is 203 g/mol. The zero-order valence-electron chi connectivity index (χ0n) is 8.20. The van der Waals surface area contributed by atoms with Gasteiger partial charge in [0.15, 0.2) is 0 Å². The molecule has 0 aromatic carbocycles. The number of alkyl halides is 1. The third kappa shape index (κ3) is 1.76. The van der Waals surface area contributed by atoms with E-state index in [9.17, 15) is 9.18 Å².